The third-order valence-electron chi connectivity index (χ3n) is 7.16. The molecule has 6 nitrogen and oxygen atoms in total. The number of methoxy groups -OCH3 is 1. The third kappa shape index (κ3) is 5.02. The number of hydrogen-bond donors (Lipinski definition) is 0. The highest BCUT2D eigenvalue weighted by molar-refractivity contribution is 5.82. The molecule has 0 bridgehead atoms. The minimum atomic E-state index is -0.286. The van der Waals surface area contributed by atoms with E-state index in [9.17, 15) is 9.59 Å². The number of carbonyl (C=O) groups is 1. The molecule has 2 aromatic carbocycles. The van der Waals surface area contributed by atoms with Crippen LogP contribution in [0.5, 0.6) is 5.75 Å². The van der Waals surface area contributed by atoms with E-state index >= 15 is 0 Å². The van der Waals surface area contributed by atoms with Crippen LogP contribution in [0.25, 0.3) is 11.0 Å². The Balaban J connectivity index is 1.21. The van der Waals surface area contributed by atoms with Crippen LogP contribution in [0.15, 0.2) is 51.7 Å². The zero-order chi connectivity index (χ0) is 23.5. The van der Waals surface area contributed by atoms with Crippen molar-refractivity contribution in [2.75, 3.05) is 33.3 Å². The molecule has 0 spiro atoms. The summed E-state index contributed by atoms with van der Waals surface area (Å²) in [6.07, 6.45) is 5.51. The van der Waals surface area contributed by atoms with Gasteiger partial charge in [0.15, 0.2) is 0 Å². The van der Waals surface area contributed by atoms with Gasteiger partial charge in [-0.3, -0.25) is 9.69 Å². The molecular formula is C28H32N2O4. The van der Waals surface area contributed by atoms with Gasteiger partial charge in [0, 0.05) is 50.6 Å². The summed E-state index contributed by atoms with van der Waals surface area (Å²) in [5, 5.41) is 1.05. The molecule has 0 radical (unpaired) electrons. The molecule has 0 atom stereocenters. The number of rotatable bonds is 6. The van der Waals surface area contributed by atoms with Gasteiger partial charge in [-0.2, -0.15) is 0 Å². The minimum Gasteiger partial charge on any atom is -0.497 e. The van der Waals surface area contributed by atoms with Crippen molar-refractivity contribution in [2.45, 2.75) is 45.1 Å². The van der Waals surface area contributed by atoms with Gasteiger partial charge in [0.05, 0.1) is 7.11 Å². The van der Waals surface area contributed by atoms with Gasteiger partial charge in [-0.15, -0.1) is 0 Å². The van der Waals surface area contributed by atoms with Crippen LogP contribution in [0.4, 0.5) is 0 Å². The molecule has 34 heavy (non-hydrogen) atoms. The number of fused-ring (bicyclic) bond motifs is 2. The quantitative estimate of drug-likeness (QED) is 0.521. The predicted octanol–water partition coefficient (Wildman–Crippen LogP) is 3.96. The Bertz CT molecular complexity index is 1230. The molecule has 2 heterocycles. The van der Waals surface area contributed by atoms with Crippen molar-refractivity contribution in [3.05, 3.63) is 75.1 Å². The van der Waals surface area contributed by atoms with Gasteiger partial charge < -0.3 is 14.1 Å². The van der Waals surface area contributed by atoms with E-state index < -0.39 is 0 Å². The lowest BCUT2D eigenvalue weighted by Gasteiger charge is -2.22. The molecule has 3 aromatic rings. The maximum absolute atomic E-state index is 12.9. The first-order chi connectivity index (χ1) is 16.6. The van der Waals surface area contributed by atoms with Crippen LogP contribution in [-0.4, -0.2) is 49.0 Å². The normalized spacial score (nSPS) is 16.4. The molecule has 0 unspecified atom stereocenters. The first-order valence-corrected chi connectivity index (χ1v) is 12.3. The second kappa shape index (κ2) is 10.0. The Morgan fingerprint density at radius 3 is 2.56 bits per heavy atom. The van der Waals surface area contributed by atoms with Crippen LogP contribution >= 0.6 is 0 Å². The Hall–Kier alpha value is -3.12. The summed E-state index contributed by atoms with van der Waals surface area (Å²) in [6.45, 7) is 3.92. The fourth-order valence-electron chi connectivity index (χ4n) is 5.25. The van der Waals surface area contributed by atoms with E-state index in [1.165, 1.54) is 17.5 Å². The monoisotopic (exact) mass is 460 g/mol. The number of hydrogen-bond acceptors (Lipinski definition) is 5. The van der Waals surface area contributed by atoms with Crippen molar-refractivity contribution in [1.82, 2.24) is 9.80 Å². The molecule has 6 heteroatoms. The zero-order valence-electron chi connectivity index (χ0n) is 19.8. The van der Waals surface area contributed by atoms with Gasteiger partial charge in [0.2, 0.25) is 5.91 Å². The summed E-state index contributed by atoms with van der Waals surface area (Å²) >= 11 is 0. The smallest absolute Gasteiger partial charge is 0.336 e. The molecule has 1 aliphatic carbocycles. The number of carbonyl (C=O) groups excluding carboxylic acids is 1. The van der Waals surface area contributed by atoms with Gasteiger partial charge in [0.1, 0.15) is 11.3 Å². The highest BCUT2D eigenvalue weighted by atomic mass is 16.5. The van der Waals surface area contributed by atoms with Crippen LogP contribution in [0.2, 0.25) is 0 Å². The summed E-state index contributed by atoms with van der Waals surface area (Å²) in [4.78, 5) is 29.5. The first-order valence-electron chi connectivity index (χ1n) is 12.3. The van der Waals surface area contributed by atoms with Gasteiger partial charge in [-0.25, -0.2) is 4.79 Å². The average molecular weight is 461 g/mol. The van der Waals surface area contributed by atoms with Crippen molar-refractivity contribution in [3.8, 4) is 5.75 Å². The van der Waals surface area contributed by atoms with Gasteiger partial charge >= 0.3 is 5.63 Å². The lowest BCUT2D eigenvalue weighted by molar-refractivity contribution is -0.131. The Labute approximate surface area is 200 Å². The van der Waals surface area contributed by atoms with Gasteiger partial charge in [-0.05, 0) is 78.6 Å². The van der Waals surface area contributed by atoms with E-state index in [1.807, 2.05) is 29.2 Å². The zero-order valence-corrected chi connectivity index (χ0v) is 19.8. The molecule has 1 aromatic heterocycles. The second-order valence-corrected chi connectivity index (χ2v) is 9.42. The van der Waals surface area contributed by atoms with Gasteiger partial charge in [0.25, 0.3) is 0 Å². The summed E-state index contributed by atoms with van der Waals surface area (Å²) in [5.74, 6) is 1.04. The molecule has 178 valence electrons. The molecule has 5 rings (SSSR count). The van der Waals surface area contributed by atoms with Crippen LogP contribution in [0.1, 0.15) is 41.5 Å². The van der Waals surface area contributed by atoms with Crippen molar-refractivity contribution < 1.29 is 13.9 Å². The Morgan fingerprint density at radius 1 is 0.971 bits per heavy atom. The first kappa shape index (κ1) is 22.7. The van der Waals surface area contributed by atoms with Crippen LogP contribution in [0.3, 0.4) is 0 Å². The maximum Gasteiger partial charge on any atom is 0.336 e. The Morgan fingerprint density at radius 2 is 1.76 bits per heavy atom. The van der Waals surface area contributed by atoms with Crippen molar-refractivity contribution in [1.29, 1.82) is 0 Å². The van der Waals surface area contributed by atoms with Crippen LogP contribution in [-0.2, 0) is 30.6 Å². The molecule has 0 N–H and O–H groups in total. The average Bonchev–Trinajstić information content (AvgIpc) is 3.17. The molecule has 0 saturated carbocycles. The van der Waals surface area contributed by atoms with Crippen LogP contribution < -0.4 is 10.4 Å². The highest BCUT2D eigenvalue weighted by Crippen LogP contribution is 2.29. The number of amides is 1. The Kier molecular flexibility index (Phi) is 6.68. The van der Waals surface area contributed by atoms with Gasteiger partial charge in [-0.1, -0.05) is 12.1 Å². The van der Waals surface area contributed by atoms with Crippen LogP contribution in [0, 0.1) is 0 Å². The molecule has 2 aliphatic rings. The molecule has 1 saturated heterocycles. The fraction of sp³-hybridized carbons (Fsp3) is 0.429. The number of ether oxygens (including phenoxy) is 1. The maximum atomic E-state index is 12.9. The molecule has 1 amide bonds. The minimum absolute atomic E-state index is 0.207. The van der Waals surface area contributed by atoms with Crippen molar-refractivity contribution in [3.63, 3.8) is 0 Å². The molecule has 1 aliphatic heterocycles. The lowest BCUT2D eigenvalue weighted by Crippen LogP contribution is -2.35. The summed E-state index contributed by atoms with van der Waals surface area (Å²) < 4.78 is 10.7. The van der Waals surface area contributed by atoms with E-state index in [2.05, 4.69) is 17.0 Å². The van der Waals surface area contributed by atoms with E-state index in [-0.39, 0.29) is 11.5 Å². The van der Waals surface area contributed by atoms with E-state index in [0.717, 1.165) is 74.1 Å². The van der Waals surface area contributed by atoms with Crippen molar-refractivity contribution >= 4 is 16.9 Å². The fourth-order valence-corrected chi connectivity index (χ4v) is 5.25. The molecular weight excluding hydrogens is 428 g/mol. The highest BCUT2D eigenvalue weighted by Gasteiger charge is 2.21. The van der Waals surface area contributed by atoms with Crippen molar-refractivity contribution in [2.24, 2.45) is 0 Å². The largest absolute Gasteiger partial charge is 0.497 e. The third-order valence-corrected chi connectivity index (χ3v) is 7.16. The van der Waals surface area contributed by atoms with E-state index in [1.54, 1.807) is 13.2 Å². The summed E-state index contributed by atoms with van der Waals surface area (Å²) in [7, 11) is 1.66. The number of nitrogens with zero attached hydrogens (tertiary/aromatic N) is 2. The number of aryl methyl sites for hydroxylation is 3. The van der Waals surface area contributed by atoms with E-state index in [4.69, 9.17) is 9.15 Å². The summed E-state index contributed by atoms with van der Waals surface area (Å²) in [6, 6.07) is 13.8. The van der Waals surface area contributed by atoms with E-state index in [0.29, 0.717) is 18.5 Å². The lowest BCUT2D eigenvalue weighted by atomic mass is 10.0. The second-order valence-electron chi connectivity index (χ2n) is 9.42. The SMILES string of the molecule is COc1ccc(CCC(=O)N2CCCN(Cc3cc(=O)oc4cc5c(cc34)CCC5)CC2)cc1. The topological polar surface area (TPSA) is 63.0 Å². The number of benzene rings is 2. The summed E-state index contributed by atoms with van der Waals surface area (Å²) in [5.41, 5.74) is 5.28. The predicted molar refractivity (Wildman–Crippen MR) is 132 cm³/mol. The standard InChI is InChI=1S/C28H32N2O4/c1-33-24-9-6-20(7-10-24)8-11-27(31)30-13-3-12-29(14-15-30)19-23-18-28(32)34-26-17-22-5-2-4-21(22)16-25(23)26/h6-7,9-10,16-18H,2-5,8,11-15,19H2,1H3. The molecule has 1 fully saturated rings.